The fraction of sp³-hybridized carbons (Fsp3) is 0.462. The molecule has 0 radical (unpaired) electrons. The van der Waals surface area contributed by atoms with Crippen molar-refractivity contribution in [2.75, 3.05) is 0 Å². The molecule has 2 nitrogen and oxygen atoms in total. The summed E-state index contributed by atoms with van der Waals surface area (Å²) in [6.45, 7) is 2.02. The molecule has 0 aromatic heterocycles. The summed E-state index contributed by atoms with van der Waals surface area (Å²) in [5.74, 6) is -0.381. The average molecular weight is 258 g/mol. The van der Waals surface area contributed by atoms with Gasteiger partial charge < -0.3 is 5.73 Å². The predicted octanol–water partition coefficient (Wildman–Crippen LogP) is 3.11. The maximum Gasteiger partial charge on any atom is 0.138 e. The molecule has 1 rings (SSSR count). The van der Waals surface area contributed by atoms with Crippen LogP contribution in [0.1, 0.15) is 31.7 Å². The molecule has 0 amide bonds. The van der Waals surface area contributed by atoms with Crippen molar-refractivity contribution in [1.29, 1.82) is 0 Å². The van der Waals surface area contributed by atoms with Gasteiger partial charge in [0.1, 0.15) is 11.6 Å². The highest BCUT2D eigenvalue weighted by Gasteiger charge is 2.12. The van der Waals surface area contributed by atoms with Gasteiger partial charge in [-0.15, -0.1) is 0 Å². The number of hydrogen-bond acceptors (Lipinski definition) is 2. The largest absolute Gasteiger partial charge is 0.327 e. The van der Waals surface area contributed by atoms with Crippen LogP contribution in [-0.4, -0.2) is 11.8 Å². The average Bonchev–Trinajstić information content (AvgIpc) is 2.23. The Bertz CT molecular complexity index is 395. The van der Waals surface area contributed by atoms with E-state index >= 15 is 0 Å². The zero-order chi connectivity index (χ0) is 12.8. The number of carbonyl (C=O) groups is 1. The molecular weight excluding hydrogens is 241 g/mol. The number of ketones is 1. The predicted molar refractivity (Wildman–Crippen MR) is 67.6 cm³/mol. The topological polar surface area (TPSA) is 43.1 Å². The minimum absolute atomic E-state index is 0.00144. The highest BCUT2D eigenvalue weighted by Crippen LogP contribution is 2.18. The van der Waals surface area contributed by atoms with Gasteiger partial charge in [-0.3, -0.25) is 4.79 Å². The molecule has 0 bridgehead atoms. The zero-order valence-electron chi connectivity index (χ0n) is 9.88. The third-order valence-electron chi connectivity index (χ3n) is 2.54. The first-order chi connectivity index (χ1) is 8.02. The van der Waals surface area contributed by atoms with Crippen LogP contribution in [0, 0.1) is 5.82 Å². The van der Waals surface area contributed by atoms with Gasteiger partial charge >= 0.3 is 0 Å². The van der Waals surface area contributed by atoms with Crippen molar-refractivity contribution in [3.05, 3.63) is 34.6 Å². The number of halogens is 2. The Morgan fingerprint density at radius 2 is 2.24 bits per heavy atom. The summed E-state index contributed by atoms with van der Waals surface area (Å²) in [5.41, 5.74) is 6.31. The maximum atomic E-state index is 13.0. The van der Waals surface area contributed by atoms with Crippen molar-refractivity contribution >= 4 is 17.4 Å². The molecule has 0 aliphatic rings. The summed E-state index contributed by atoms with van der Waals surface area (Å²) in [7, 11) is 0. The minimum atomic E-state index is -0.380. The Morgan fingerprint density at radius 3 is 2.88 bits per heavy atom. The van der Waals surface area contributed by atoms with Crippen LogP contribution in [0.15, 0.2) is 18.2 Å². The van der Waals surface area contributed by atoms with Crippen molar-refractivity contribution < 1.29 is 9.18 Å². The van der Waals surface area contributed by atoms with Gasteiger partial charge in [-0.2, -0.15) is 0 Å². The summed E-state index contributed by atoms with van der Waals surface area (Å²) < 4.78 is 13.0. The molecule has 0 saturated heterocycles. The first-order valence-electron chi connectivity index (χ1n) is 5.74. The lowest BCUT2D eigenvalue weighted by molar-refractivity contribution is -0.118. The molecular formula is C13H17ClFNO. The van der Waals surface area contributed by atoms with Gasteiger partial charge in [0.05, 0.1) is 0 Å². The fourth-order valence-electron chi connectivity index (χ4n) is 1.73. The van der Waals surface area contributed by atoms with Crippen LogP contribution in [-0.2, 0) is 11.2 Å². The minimum Gasteiger partial charge on any atom is -0.327 e. The third kappa shape index (κ3) is 4.84. The van der Waals surface area contributed by atoms with E-state index in [1.54, 1.807) is 0 Å². The number of carbonyl (C=O) groups excluding carboxylic acids is 1. The number of nitrogens with two attached hydrogens (primary N) is 1. The highest BCUT2D eigenvalue weighted by molar-refractivity contribution is 6.31. The van der Waals surface area contributed by atoms with Crippen molar-refractivity contribution in [3.8, 4) is 0 Å². The second kappa shape index (κ2) is 6.72. The lowest BCUT2D eigenvalue weighted by atomic mass is 10.0. The van der Waals surface area contributed by atoms with Crippen LogP contribution < -0.4 is 5.73 Å². The second-order valence-electron chi connectivity index (χ2n) is 4.20. The molecule has 1 unspecified atom stereocenters. The molecule has 1 aromatic rings. The Labute approximate surface area is 106 Å². The number of Topliss-reactive ketones (excluding diaryl/α,β-unsaturated/α-hetero) is 1. The Balaban J connectivity index is 2.58. The maximum absolute atomic E-state index is 13.0. The van der Waals surface area contributed by atoms with Gasteiger partial charge in [-0.25, -0.2) is 4.39 Å². The van der Waals surface area contributed by atoms with E-state index in [2.05, 4.69) is 0 Å². The van der Waals surface area contributed by atoms with Gasteiger partial charge in [0, 0.05) is 23.9 Å². The van der Waals surface area contributed by atoms with Crippen molar-refractivity contribution in [2.24, 2.45) is 5.73 Å². The molecule has 0 heterocycles. The number of rotatable bonds is 6. The van der Waals surface area contributed by atoms with E-state index < -0.39 is 0 Å². The lowest BCUT2D eigenvalue weighted by Crippen LogP contribution is -2.24. The summed E-state index contributed by atoms with van der Waals surface area (Å²) in [6.07, 6.45) is 2.24. The van der Waals surface area contributed by atoms with Crippen molar-refractivity contribution in [3.63, 3.8) is 0 Å². The zero-order valence-corrected chi connectivity index (χ0v) is 10.6. The molecule has 17 heavy (non-hydrogen) atoms. The Morgan fingerprint density at radius 1 is 1.53 bits per heavy atom. The lowest BCUT2D eigenvalue weighted by Gasteiger charge is -2.09. The first kappa shape index (κ1) is 14.1. The molecule has 1 aromatic carbocycles. The standard InChI is InChI=1S/C13H17ClFNO/c1-2-3-11(16)8-12(17)7-9-6-10(15)4-5-13(9)14/h4-6,11H,2-3,7-8,16H2,1H3. The molecule has 0 fully saturated rings. The van der Waals surface area contributed by atoms with Crippen molar-refractivity contribution in [1.82, 2.24) is 0 Å². The van der Waals surface area contributed by atoms with E-state index in [0.717, 1.165) is 12.8 Å². The second-order valence-corrected chi connectivity index (χ2v) is 4.61. The quantitative estimate of drug-likeness (QED) is 0.851. The molecule has 2 N–H and O–H groups in total. The van der Waals surface area contributed by atoms with E-state index in [4.69, 9.17) is 17.3 Å². The van der Waals surface area contributed by atoms with E-state index in [0.29, 0.717) is 17.0 Å². The van der Waals surface area contributed by atoms with Gasteiger partial charge in [0.15, 0.2) is 0 Å². The molecule has 0 aliphatic heterocycles. The Hall–Kier alpha value is -0.930. The van der Waals surface area contributed by atoms with E-state index in [9.17, 15) is 9.18 Å². The SMILES string of the molecule is CCCC(N)CC(=O)Cc1cc(F)ccc1Cl. The van der Waals surface area contributed by atoms with E-state index in [1.165, 1.54) is 18.2 Å². The summed E-state index contributed by atoms with van der Waals surface area (Å²) in [4.78, 5) is 11.7. The molecule has 0 spiro atoms. The smallest absolute Gasteiger partial charge is 0.138 e. The summed E-state index contributed by atoms with van der Waals surface area (Å²) in [6, 6.07) is 3.93. The van der Waals surface area contributed by atoms with Crippen LogP contribution in [0.25, 0.3) is 0 Å². The Kier molecular flexibility index (Phi) is 5.59. The normalized spacial score (nSPS) is 12.5. The van der Waals surface area contributed by atoms with Crippen LogP contribution in [0.4, 0.5) is 4.39 Å². The molecule has 4 heteroatoms. The highest BCUT2D eigenvalue weighted by atomic mass is 35.5. The van der Waals surface area contributed by atoms with Gasteiger partial charge in [0.25, 0.3) is 0 Å². The van der Waals surface area contributed by atoms with Gasteiger partial charge in [0.2, 0.25) is 0 Å². The van der Waals surface area contributed by atoms with Crippen LogP contribution in [0.5, 0.6) is 0 Å². The van der Waals surface area contributed by atoms with E-state index in [1.807, 2.05) is 6.92 Å². The third-order valence-corrected chi connectivity index (χ3v) is 2.91. The molecule has 94 valence electrons. The fourth-order valence-corrected chi connectivity index (χ4v) is 1.91. The van der Waals surface area contributed by atoms with E-state index in [-0.39, 0.29) is 24.1 Å². The van der Waals surface area contributed by atoms with Crippen molar-refractivity contribution in [2.45, 2.75) is 38.6 Å². The number of hydrogen-bond donors (Lipinski definition) is 1. The first-order valence-corrected chi connectivity index (χ1v) is 6.12. The van der Waals surface area contributed by atoms with Gasteiger partial charge in [-0.1, -0.05) is 24.9 Å². The number of benzene rings is 1. The van der Waals surface area contributed by atoms with Crippen LogP contribution in [0.2, 0.25) is 5.02 Å². The van der Waals surface area contributed by atoms with Crippen LogP contribution in [0.3, 0.4) is 0 Å². The van der Waals surface area contributed by atoms with Gasteiger partial charge in [-0.05, 0) is 30.2 Å². The summed E-state index contributed by atoms with van der Waals surface area (Å²) in [5, 5.41) is 0.420. The molecule has 0 saturated carbocycles. The molecule has 1 atom stereocenters. The summed E-state index contributed by atoms with van der Waals surface area (Å²) >= 11 is 5.89. The monoisotopic (exact) mass is 257 g/mol. The molecule has 0 aliphatic carbocycles. The van der Waals surface area contributed by atoms with Crippen LogP contribution >= 0.6 is 11.6 Å².